The highest BCUT2D eigenvalue weighted by atomic mass is 16.4. The zero-order valence-corrected chi connectivity index (χ0v) is 10.8. The summed E-state index contributed by atoms with van der Waals surface area (Å²) >= 11 is 0. The predicted molar refractivity (Wildman–Crippen MR) is 70.6 cm³/mol. The Hall–Kier alpha value is -1.31. The van der Waals surface area contributed by atoms with E-state index >= 15 is 0 Å². The fourth-order valence-electron chi connectivity index (χ4n) is 1.94. The zero-order valence-electron chi connectivity index (χ0n) is 10.8. The predicted octanol–water partition coefficient (Wildman–Crippen LogP) is 4.34. The van der Waals surface area contributed by atoms with E-state index in [1.165, 1.54) is 38.5 Å². The van der Waals surface area contributed by atoms with Crippen LogP contribution in [0.3, 0.4) is 0 Å². The molecule has 0 bridgehead atoms. The van der Waals surface area contributed by atoms with Crippen molar-refractivity contribution in [2.24, 2.45) is 0 Å². The van der Waals surface area contributed by atoms with Crippen LogP contribution < -0.4 is 0 Å². The highest BCUT2D eigenvalue weighted by molar-refractivity contribution is 5.87. The van der Waals surface area contributed by atoms with Gasteiger partial charge in [0.2, 0.25) is 0 Å². The summed E-state index contributed by atoms with van der Waals surface area (Å²) in [4.78, 5) is 10.5. The lowest BCUT2D eigenvalue weighted by atomic mass is 10.0. The van der Waals surface area contributed by atoms with Crippen LogP contribution in [0.4, 0.5) is 0 Å². The number of carboxylic acid groups (broad SMARTS) is 1. The summed E-state index contributed by atoms with van der Waals surface area (Å²) in [6.07, 6.45) is 9.00. The summed E-state index contributed by atoms with van der Waals surface area (Å²) in [5, 5.41) is 8.60. The number of aryl methyl sites for hydroxylation is 2. The van der Waals surface area contributed by atoms with Gasteiger partial charge in [-0.2, -0.15) is 0 Å². The zero-order chi connectivity index (χ0) is 12.7. The quantitative estimate of drug-likeness (QED) is 0.784. The van der Waals surface area contributed by atoms with Gasteiger partial charge < -0.3 is 5.11 Å². The maximum absolute atomic E-state index is 10.5. The van der Waals surface area contributed by atoms with E-state index in [4.69, 9.17) is 5.11 Å². The van der Waals surface area contributed by atoms with Crippen LogP contribution in [0.1, 0.15) is 60.0 Å². The molecule has 17 heavy (non-hydrogen) atoms. The first-order chi connectivity index (χ1) is 8.11. The maximum atomic E-state index is 10.5. The molecule has 1 fully saturated rings. The van der Waals surface area contributed by atoms with Crippen molar-refractivity contribution < 1.29 is 9.90 Å². The van der Waals surface area contributed by atoms with E-state index in [0.717, 1.165) is 11.1 Å². The molecule has 0 unspecified atom stereocenters. The van der Waals surface area contributed by atoms with Crippen LogP contribution in [0.5, 0.6) is 0 Å². The number of carbonyl (C=O) groups is 1. The maximum Gasteiger partial charge on any atom is 0.335 e. The molecule has 0 heterocycles. The van der Waals surface area contributed by atoms with Crippen LogP contribution in [0.15, 0.2) is 18.2 Å². The molecule has 0 spiro atoms. The van der Waals surface area contributed by atoms with Crippen LogP contribution in [-0.4, -0.2) is 11.1 Å². The molecule has 0 saturated heterocycles. The minimum absolute atomic E-state index is 0.355. The third-order valence-electron chi connectivity index (χ3n) is 3.25. The molecule has 1 aromatic rings. The average molecular weight is 234 g/mol. The Kier molecular flexibility index (Phi) is 5.75. The number of hydrogen-bond donors (Lipinski definition) is 1. The van der Waals surface area contributed by atoms with E-state index in [1.807, 2.05) is 19.9 Å². The summed E-state index contributed by atoms with van der Waals surface area (Å²) < 4.78 is 0. The smallest absolute Gasteiger partial charge is 0.335 e. The van der Waals surface area contributed by atoms with Crippen LogP contribution in [0.2, 0.25) is 0 Å². The summed E-state index contributed by atoms with van der Waals surface area (Å²) in [7, 11) is 0. The Morgan fingerprint density at radius 2 is 1.41 bits per heavy atom. The molecule has 2 heteroatoms. The monoisotopic (exact) mass is 234 g/mol. The number of hydrogen-bond acceptors (Lipinski definition) is 1. The second kappa shape index (κ2) is 7.10. The summed E-state index contributed by atoms with van der Waals surface area (Å²) in [5.74, 6) is -0.867. The van der Waals surface area contributed by atoms with Crippen molar-refractivity contribution in [1.82, 2.24) is 0 Å². The van der Waals surface area contributed by atoms with Gasteiger partial charge in [-0.3, -0.25) is 0 Å². The van der Waals surface area contributed by atoms with Crippen LogP contribution in [0.25, 0.3) is 0 Å². The molecular weight excluding hydrogens is 212 g/mol. The van der Waals surface area contributed by atoms with E-state index in [0.29, 0.717) is 5.56 Å². The second-order valence-electron chi connectivity index (χ2n) is 4.73. The van der Waals surface area contributed by atoms with Gasteiger partial charge in [0.05, 0.1) is 5.56 Å². The molecule has 2 rings (SSSR count). The first kappa shape index (κ1) is 13.8. The molecule has 1 aliphatic rings. The molecule has 1 aliphatic carbocycles. The van der Waals surface area contributed by atoms with E-state index in [2.05, 4.69) is 0 Å². The van der Waals surface area contributed by atoms with Crippen molar-refractivity contribution in [1.29, 1.82) is 0 Å². The third-order valence-corrected chi connectivity index (χ3v) is 3.25. The van der Waals surface area contributed by atoms with Gasteiger partial charge in [0.15, 0.2) is 0 Å². The normalized spacial score (nSPS) is 14.7. The Bertz CT molecular complexity index is 354. The molecule has 0 aliphatic heterocycles. The number of aromatic carboxylic acids is 1. The SMILES string of the molecule is C1CCCCC1.Cc1ccc(C(=O)O)cc1C. The van der Waals surface area contributed by atoms with Crippen molar-refractivity contribution in [3.05, 3.63) is 34.9 Å². The molecule has 94 valence electrons. The summed E-state index contributed by atoms with van der Waals surface area (Å²) in [6.45, 7) is 3.86. The Labute approximate surface area is 104 Å². The van der Waals surface area contributed by atoms with Crippen LogP contribution >= 0.6 is 0 Å². The lowest BCUT2D eigenvalue weighted by molar-refractivity contribution is 0.0697. The topological polar surface area (TPSA) is 37.3 Å². The molecule has 0 aromatic heterocycles. The van der Waals surface area contributed by atoms with Crippen molar-refractivity contribution in [2.75, 3.05) is 0 Å². The second-order valence-corrected chi connectivity index (χ2v) is 4.73. The third kappa shape index (κ3) is 5.03. The molecule has 1 aromatic carbocycles. The number of benzene rings is 1. The molecule has 0 atom stereocenters. The molecule has 1 saturated carbocycles. The first-order valence-corrected chi connectivity index (χ1v) is 6.42. The van der Waals surface area contributed by atoms with E-state index in [-0.39, 0.29) is 0 Å². The lowest BCUT2D eigenvalue weighted by Gasteiger charge is -2.05. The van der Waals surface area contributed by atoms with E-state index in [1.54, 1.807) is 12.1 Å². The van der Waals surface area contributed by atoms with Gasteiger partial charge in [-0.15, -0.1) is 0 Å². The molecule has 2 nitrogen and oxygen atoms in total. The summed E-state index contributed by atoms with van der Waals surface area (Å²) in [6, 6.07) is 5.11. The van der Waals surface area contributed by atoms with Crippen molar-refractivity contribution in [3.63, 3.8) is 0 Å². The minimum atomic E-state index is -0.867. The number of carboxylic acids is 1. The van der Waals surface area contributed by atoms with Crippen LogP contribution in [-0.2, 0) is 0 Å². The lowest BCUT2D eigenvalue weighted by Crippen LogP contribution is -1.96. The van der Waals surface area contributed by atoms with Gasteiger partial charge in [-0.1, -0.05) is 44.6 Å². The van der Waals surface area contributed by atoms with Gasteiger partial charge in [0.25, 0.3) is 0 Å². The van der Waals surface area contributed by atoms with Crippen molar-refractivity contribution >= 4 is 5.97 Å². The minimum Gasteiger partial charge on any atom is -0.478 e. The highest BCUT2D eigenvalue weighted by Gasteiger charge is 2.02. The van der Waals surface area contributed by atoms with E-state index < -0.39 is 5.97 Å². The van der Waals surface area contributed by atoms with E-state index in [9.17, 15) is 4.79 Å². The van der Waals surface area contributed by atoms with Gasteiger partial charge in [-0.25, -0.2) is 4.79 Å². The van der Waals surface area contributed by atoms with Crippen molar-refractivity contribution in [3.8, 4) is 0 Å². The van der Waals surface area contributed by atoms with Crippen LogP contribution in [0, 0.1) is 13.8 Å². The number of rotatable bonds is 1. The average Bonchev–Trinajstić information content (AvgIpc) is 2.35. The Morgan fingerprint density at radius 1 is 0.941 bits per heavy atom. The first-order valence-electron chi connectivity index (χ1n) is 6.42. The molecular formula is C15H22O2. The largest absolute Gasteiger partial charge is 0.478 e. The molecule has 1 N–H and O–H groups in total. The van der Waals surface area contributed by atoms with Gasteiger partial charge in [-0.05, 0) is 37.1 Å². The molecule has 0 radical (unpaired) electrons. The Morgan fingerprint density at radius 3 is 1.76 bits per heavy atom. The van der Waals surface area contributed by atoms with Crippen molar-refractivity contribution in [2.45, 2.75) is 52.4 Å². The Balaban J connectivity index is 0.000000202. The molecule has 0 amide bonds. The van der Waals surface area contributed by atoms with Gasteiger partial charge >= 0.3 is 5.97 Å². The fraction of sp³-hybridized carbons (Fsp3) is 0.533. The fourth-order valence-corrected chi connectivity index (χ4v) is 1.94. The highest BCUT2D eigenvalue weighted by Crippen LogP contribution is 2.15. The van der Waals surface area contributed by atoms with Gasteiger partial charge in [0.1, 0.15) is 0 Å². The summed E-state index contributed by atoms with van der Waals surface area (Å²) in [5.41, 5.74) is 2.49. The van der Waals surface area contributed by atoms with Gasteiger partial charge in [0, 0.05) is 0 Å². The standard InChI is InChI=1S/C9H10O2.C6H12/c1-6-3-4-8(9(10)11)5-7(6)2;1-2-4-6-5-3-1/h3-5H,1-2H3,(H,10,11);1-6H2.